The van der Waals surface area contributed by atoms with E-state index in [0.717, 1.165) is 9.37 Å². The first-order valence-electron chi connectivity index (χ1n) is 3.78. The van der Waals surface area contributed by atoms with Crippen LogP contribution in [0.15, 0.2) is 33.6 Å². The van der Waals surface area contributed by atoms with Crippen LogP contribution in [0.1, 0.15) is 13.8 Å². The molecule has 66 valence electrons. The number of hydrogen-bond acceptors (Lipinski definition) is 1. The van der Waals surface area contributed by atoms with E-state index in [1.807, 2.05) is 38.1 Å². The van der Waals surface area contributed by atoms with E-state index in [-0.39, 0.29) is 5.25 Å². The molecule has 0 saturated carbocycles. The molecular formula is C9H11BrOS. The van der Waals surface area contributed by atoms with Gasteiger partial charge in [-0.1, -0.05) is 26.0 Å². The Hall–Kier alpha value is -0.150. The van der Waals surface area contributed by atoms with E-state index in [0.29, 0.717) is 0 Å². The third-order valence-electron chi connectivity index (χ3n) is 1.48. The number of halogens is 1. The van der Waals surface area contributed by atoms with Crippen molar-refractivity contribution >= 4 is 26.7 Å². The van der Waals surface area contributed by atoms with E-state index < -0.39 is 10.8 Å². The van der Waals surface area contributed by atoms with Crippen molar-refractivity contribution in [1.82, 2.24) is 0 Å². The van der Waals surface area contributed by atoms with Crippen LogP contribution in [0.25, 0.3) is 0 Å². The summed E-state index contributed by atoms with van der Waals surface area (Å²) in [5.41, 5.74) is 0. The van der Waals surface area contributed by atoms with Crippen LogP contribution in [-0.2, 0) is 10.8 Å². The minimum atomic E-state index is -0.894. The second-order valence-corrected chi connectivity index (χ2v) is 5.61. The summed E-state index contributed by atoms with van der Waals surface area (Å²) in [4.78, 5) is 0.882. The molecule has 0 N–H and O–H groups in total. The SMILES string of the molecule is CC(C)S(=O)c1ccccc1Br. The van der Waals surface area contributed by atoms with E-state index in [2.05, 4.69) is 15.9 Å². The van der Waals surface area contributed by atoms with Gasteiger partial charge in [0.2, 0.25) is 0 Å². The average molecular weight is 247 g/mol. The van der Waals surface area contributed by atoms with Gasteiger partial charge >= 0.3 is 0 Å². The highest BCUT2D eigenvalue weighted by Crippen LogP contribution is 2.21. The Morgan fingerprint density at radius 3 is 2.42 bits per heavy atom. The zero-order chi connectivity index (χ0) is 9.14. The van der Waals surface area contributed by atoms with Gasteiger partial charge in [-0.25, -0.2) is 0 Å². The van der Waals surface area contributed by atoms with Gasteiger partial charge in [0.25, 0.3) is 0 Å². The second kappa shape index (κ2) is 4.19. The first kappa shape index (κ1) is 9.93. The lowest BCUT2D eigenvalue weighted by Gasteiger charge is -2.06. The molecule has 0 heterocycles. The maximum atomic E-state index is 11.6. The van der Waals surface area contributed by atoms with Gasteiger partial charge in [0, 0.05) is 9.72 Å². The molecule has 12 heavy (non-hydrogen) atoms. The molecule has 0 aliphatic heterocycles. The molecule has 1 aromatic rings. The van der Waals surface area contributed by atoms with Gasteiger partial charge in [-0.15, -0.1) is 0 Å². The van der Waals surface area contributed by atoms with Crippen molar-refractivity contribution in [2.45, 2.75) is 24.0 Å². The lowest BCUT2D eigenvalue weighted by Crippen LogP contribution is -2.05. The Bertz CT molecular complexity index is 296. The van der Waals surface area contributed by atoms with Gasteiger partial charge in [-0.05, 0) is 28.1 Å². The van der Waals surface area contributed by atoms with Crippen LogP contribution < -0.4 is 0 Å². The highest BCUT2D eigenvalue weighted by molar-refractivity contribution is 9.10. The quantitative estimate of drug-likeness (QED) is 0.785. The first-order valence-corrected chi connectivity index (χ1v) is 5.78. The van der Waals surface area contributed by atoms with Crippen molar-refractivity contribution in [1.29, 1.82) is 0 Å². The maximum absolute atomic E-state index is 11.6. The molecule has 0 bridgehead atoms. The van der Waals surface area contributed by atoms with Crippen molar-refractivity contribution in [2.75, 3.05) is 0 Å². The predicted molar refractivity (Wildman–Crippen MR) is 55.7 cm³/mol. The van der Waals surface area contributed by atoms with Crippen LogP contribution in [0.4, 0.5) is 0 Å². The first-order chi connectivity index (χ1) is 5.63. The maximum Gasteiger partial charge on any atom is 0.0566 e. The Labute approximate surface area is 83.8 Å². The van der Waals surface area contributed by atoms with Crippen molar-refractivity contribution in [3.63, 3.8) is 0 Å². The Morgan fingerprint density at radius 2 is 1.92 bits per heavy atom. The average Bonchev–Trinajstić information content (AvgIpc) is 2.04. The van der Waals surface area contributed by atoms with Gasteiger partial charge in [0.15, 0.2) is 0 Å². The van der Waals surface area contributed by atoms with Gasteiger partial charge in [-0.2, -0.15) is 0 Å². The second-order valence-electron chi connectivity index (χ2n) is 2.78. The molecule has 3 heteroatoms. The zero-order valence-corrected chi connectivity index (χ0v) is 9.48. The van der Waals surface area contributed by atoms with E-state index in [9.17, 15) is 4.21 Å². The normalized spacial score (nSPS) is 13.3. The highest BCUT2D eigenvalue weighted by atomic mass is 79.9. The molecule has 0 fully saturated rings. The Kier molecular flexibility index (Phi) is 3.47. The van der Waals surface area contributed by atoms with E-state index in [1.54, 1.807) is 0 Å². The summed E-state index contributed by atoms with van der Waals surface area (Å²) >= 11 is 3.37. The molecule has 0 aliphatic carbocycles. The number of rotatable bonds is 2. The Morgan fingerprint density at radius 1 is 1.33 bits per heavy atom. The van der Waals surface area contributed by atoms with Gasteiger partial charge < -0.3 is 0 Å². The molecule has 0 radical (unpaired) electrons. The fraction of sp³-hybridized carbons (Fsp3) is 0.333. The molecule has 1 unspecified atom stereocenters. The van der Waals surface area contributed by atoms with Gasteiger partial charge in [-0.3, -0.25) is 4.21 Å². The molecule has 0 amide bonds. The van der Waals surface area contributed by atoms with Crippen LogP contribution in [0.5, 0.6) is 0 Å². The minimum absolute atomic E-state index is 0.170. The molecular weight excluding hydrogens is 236 g/mol. The van der Waals surface area contributed by atoms with Crippen LogP contribution in [0.3, 0.4) is 0 Å². The van der Waals surface area contributed by atoms with Crippen LogP contribution in [-0.4, -0.2) is 9.46 Å². The monoisotopic (exact) mass is 246 g/mol. The summed E-state index contributed by atoms with van der Waals surface area (Å²) < 4.78 is 12.6. The fourth-order valence-corrected chi connectivity index (χ4v) is 2.61. The summed E-state index contributed by atoms with van der Waals surface area (Å²) in [5.74, 6) is 0. The van der Waals surface area contributed by atoms with Crippen molar-refractivity contribution in [3.05, 3.63) is 28.7 Å². The zero-order valence-electron chi connectivity index (χ0n) is 7.08. The smallest absolute Gasteiger partial charge is 0.0566 e. The van der Waals surface area contributed by atoms with Gasteiger partial charge in [0.05, 0.1) is 15.7 Å². The summed E-state index contributed by atoms with van der Waals surface area (Å²) in [7, 11) is -0.894. The third-order valence-corrected chi connectivity index (χ3v) is 4.08. The molecule has 0 spiro atoms. The molecule has 0 aliphatic rings. The van der Waals surface area contributed by atoms with Crippen molar-refractivity contribution in [3.8, 4) is 0 Å². The standard InChI is InChI=1S/C9H11BrOS/c1-7(2)12(11)9-6-4-3-5-8(9)10/h3-7H,1-2H3. The van der Waals surface area contributed by atoms with E-state index >= 15 is 0 Å². The molecule has 1 rings (SSSR count). The van der Waals surface area contributed by atoms with Crippen molar-refractivity contribution in [2.24, 2.45) is 0 Å². The van der Waals surface area contributed by atoms with E-state index in [4.69, 9.17) is 0 Å². The number of hydrogen-bond donors (Lipinski definition) is 0. The lowest BCUT2D eigenvalue weighted by atomic mass is 10.4. The van der Waals surface area contributed by atoms with Crippen LogP contribution in [0.2, 0.25) is 0 Å². The van der Waals surface area contributed by atoms with Gasteiger partial charge in [0.1, 0.15) is 0 Å². The highest BCUT2D eigenvalue weighted by Gasteiger charge is 2.10. The summed E-state index contributed by atoms with van der Waals surface area (Å²) in [6, 6.07) is 7.63. The summed E-state index contributed by atoms with van der Waals surface area (Å²) in [6.07, 6.45) is 0. The summed E-state index contributed by atoms with van der Waals surface area (Å²) in [6.45, 7) is 3.91. The minimum Gasteiger partial charge on any atom is -0.254 e. The Balaban J connectivity index is 3.03. The summed E-state index contributed by atoms with van der Waals surface area (Å²) in [5, 5.41) is 0.170. The fourth-order valence-electron chi connectivity index (χ4n) is 0.862. The van der Waals surface area contributed by atoms with Crippen molar-refractivity contribution < 1.29 is 4.21 Å². The molecule has 1 atom stereocenters. The predicted octanol–water partition coefficient (Wildman–Crippen LogP) is 2.97. The lowest BCUT2D eigenvalue weighted by molar-refractivity contribution is 0.676. The molecule has 1 nitrogen and oxygen atoms in total. The largest absolute Gasteiger partial charge is 0.254 e. The molecule has 1 aromatic carbocycles. The number of benzene rings is 1. The van der Waals surface area contributed by atoms with Crippen LogP contribution >= 0.6 is 15.9 Å². The topological polar surface area (TPSA) is 17.1 Å². The molecule has 0 aromatic heterocycles. The molecule has 0 saturated heterocycles. The van der Waals surface area contributed by atoms with E-state index in [1.165, 1.54) is 0 Å². The third kappa shape index (κ3) is 2.17. The van der Waals surface area contributed by atoms with Crippen LogP contribution in [0, 0.1) is 0 Å².